The van der Waals surface area contributed by atoms with Crippen LogP contribution in [0.1, 0.15) is 58.5 Å². The van der Waals surface area contributed by atoms with Gasteiger partial charge in [0, 0.05) is 10.8 Å². The van der Waals surface area contributed by atoms with Gasteiger partial charge in [-0.1, -0.05) is 43.7 Å². The summed E-state index contributed by atoms with van der Waals surface area (Å²) in [6.07, 6.45) is 4.97. The monoisotopic (exact) mass is 368 g/mol. The first kappa shape index (κ1) is 17.3. The summed E-state index contributed by atoms with van der Waals surface area (Å²) in [7, 11) is 0. The third kappa shape index (κ3) is 3.16. The number of anilines is 1. The number of carbonyl (C=O) groups is 2. The van der Waals surface area contributed by atoms with E-state index in [1.165, 1.54) is 10.4 Å². The molecule has 4 rings (SSSR count). The van der Waals surface area contributed by atoms with Crippen LogP contribution >= 0.6 is 11.3 Å². The van der Waals surface area contributed by atoms with E-state index < -0.39 is 5.91 Å². The largest absolute Gasteiger partial charge is 0.365 e. The number of hydrogen-bond donors (Lipinski definition) is 2. The van der Waals surface area contributed by atoms with Crippen molar-refractivity contribution in [3.63, 3.8) is 0 Å². The lowest BCUT2D eigenvalue weighted by Crippen LogP contribution is -2.20. The molecule has 2 aromatic rings. The third-order valence-electron chi connectivity index (χ3n) is 5.78. The predicted octanol–water partition coefficient (Wildman–Crippen LogP) is 4.10. The second-order valence-corrected chi connectivity index (χ2v) is 8.54. The van der Waals surface area contributed by atoms with E-state index >= 15 is 0 Å². The van der Waals surface area contributed by atoms with Crippen LogP contribution in [-0.4, -0.2) is 11.8 Å². The normalized spacial score (nSPS) is 24.0. The predicted molar refractivity (Wildman–Crippen MR) is 105 cm³/mol. The average molecular weight is 369 g/mol. The van der Waals surface area contributed by atoms with Gasteiger partial charge < -0.3 is 11.1 Å². The molecule has 0 unspecified atom stereocenters. The Labute approximate surface area is 157 Å². The number of amides is 2. The van der Waals surface area contributed by atoms with Crippen molar-refractivity contribution in [1.29, 1.82) is 0 Å². The molecule has 0 saturated heterocycles. The van der Waals surface area contributed by atoms with Gasteiger partial charge in [0.25, 0.3) is 5.91 Å². The van der Waals surface area contributed by atoms with E-state index in [4.69, 9.17) is 5.73 Å². The number of nitrogens with one attached hydrogen (secondary N) is 1. The fraction of sp³-hybridized carbons (Fsp3) is 0.429. The maximum atomic E-state index is 12.7. The lowest BCUT2D eigenvalue weighted by atomic mass is 9.85. The molecule has 0 aliphatic heterocycles. The number of rotatable bonds is 5. The number of thiophene rings is 1. The molecule has 5 heteroatoms. The van der Waals surface area contributed by atoms with Crippen LogP contribution < -0.4 is 11.1 Å². The highest BCUT2D eigenvalue weighted by atomic mass is 32.1. The van der Waals surface area contributed by atoms with Crippen molar-refractivity contribution >= 4 is 28.2 Å². The Morgan fingerprint density at radius 3 is 2.73 bits per heavy atom. The Hall–Kier alpha value is -2.14. The smallest absolute Gasteiger partial charge is 0.251 e. The van der Waals surface area contributed by atoms with Crippen molar-refractivity contribution in [2.24, 2.45) is 17.6 Å². The van der Waals surface area contributed by atoms with E-state index in [2.05, 4.69) is 24.4 Å². The summed E-state index contributed by atoms with van der Waals surface area (Å²) in [4.78, 5) is 26.0. The van der Waals surface area contributed by atoms with Gasteiger partial charge in [0.1, 0.15) is 5.00 Å². The summed E-state index contributed by atoms with van der Waals surface area (Å²) in [5.74, 6) is 0.513. The van der Waals surface area contributed by atoms with Gasteiger partial charge in [-0.25, -0.2) is 0 Å². The summed E-state index contributed by atoms with van der Waals surface area (Å²) >= 11 is 1.55. The molecule has 1 heterocycles. The number of hydrogen-bond acceptors (Lipinski definition) is 3. The van der Waals surface area contributed by atoms with Crippen molar-refractivity contribution in [2.45, 2.75) is 44.9 Å². The van der Waals surface area contributed by atoms with E-state index in [-0.39, 0.29) is 17.7 Å². The summed E-state index contributed by atoms with van der Waals surface area (Å²) in [5, 5.41) is 3.68. The van der Waals surface area contributed by atoms with Gasteiger partial charge in [0.2, 0.25) is 5.91 Å². The molecule has 3 N–H and O–H groups in total. The van der Waals surface area contributed by atoms with E-state index in [9.17, 15) is 9.59 Å². The first-order valence-corrected chi connectivity index (χ1v) is 10.2. The molecule has 2 aliphatic carbocycles. The average Bonchev–Trinajstić information content (AvgIpc) is 3.37. The van der Waals surface area contributed by atoms with Gasteiger partial charge in [-0.3, -0.25) is 9.59 Å². The van der Waals surface area contributed by atoms with Crippen LogP contribution in [0.2, 0.25) is 0 Å². The number of benzene rings is 1. The van der Waals surface area contributed by atoms with Gasteiger partial charge in [-0.15, -0.1) is 11.3 Å². The molecule has 136 valence electrons. The molecule has 1 saturated carbocycles. The van der Waals surface area contributed by atoms with Crippen LogP contribution in [0.15, 0.2) is 30.3 Å². The molecular formula is C21H24N2O2S. The van der Waals surface area contributed by atoms with Crippen molar-refractivity contribution in [1.82, 2.24) is 0 Å². The van der Waals surface area contributed by atoms with Crippen LogP contribution in [-0.2, 0) is 17.6 Å². The molecule has 1 aromatic carbocycles. The van der Waals surface area contributed by atoms with Crippen LogP contribution in [0.4, 0.5) is 5.00 Å². The Bertz CT molecular complexity index is 843. The topological polar surface area (TPSA) is 72.2 Å². The Morgan fingerprint density at radius 1 is 1.27 bits per heavy atom. The molecule has 2 aliphatic rings. The zero-order valence-electron chi connectivity index (χ0n) is 15.0. The summed E-state index contributed by atoms with van der Waals surface area (Å²) in [5.41, 5.74) is 8.47. The van der Waals surface area contributed by atoms with Crippen molar-refractivity contribution < 1.29 is 9.59 Å². The highest BCUT2D eigenvalue weighted by Crippen LogP contribution is 2.48. The van der Waals surface area contributed by atoms with E-state index in [1.54, 1.807) is 11.3 Å². The van der Waals surface area contributed by atoms with E-state index in [1.807, 2.05) is 18.2 Å². The fourth-order valence-corrected chi connectivity index (χ4v) is 5.48. The lowest BCUT2D eigenvalue weighted by molar-refractivity contribution is -0.117. The zero-order valence-corrected chi connectivity index (χ0v) is 15.8. The first-order chi connectivity index (χ1) is 12.6. The molecule has 0 bridgehead atoms. The maximum absolute atomic E-state index is 12.7. The molecule has 0 radical (unpaired) electrons. The fourth-order valence-electron chi connectivity index (χ4n) is 4.11. The van der Waals surface area contributed by atoms with Crippen molar-refractivity contribution in [2.75, 3.05) is 5.32 Å². The molecule has 3 atom stereocenters. The minimum Gasteiger partial charge on any atom is -0.365 e. The molecule has 1 fully saturated rings. The molecule has 2 amide bonds. The standard InChI is InChI=1S/C21H24N2O2S/c1-2-12-8-9-14-17(10-12)26-21(18(14)19(22)24)23-20(25)16-11-15(16)13-6-4-3-5-7-13/h3-7,12,15-16H,2,8-11H2,1H3,(H2,22,24)(H,23,25)/t12-,15-,16+/m1/s1. The number of nitrogens with two attached hydrogens (primary N) is 1. The highest BCUT2D eigenvalue weighted by Gasteiger charge is 2.44. The Morgan fingerprint density at radius 2 is 2.04 bits per heavy atom. The third-order valence-corrected chi connectivity index (χ3v) is 6.95. The van der Waals surface area contributed by atoms with Crippen LogP contribution in [0.5, 0.6) is 0 Å². The molecule has 1 aromatic heterocycles. The molecule has 4 nitrogen and oxygen atoms in total. The molecule has 26 heavy (non-hydrogen) atoms. The summed E-state index contributed by atoms with van der Waals surface area (Å²) in [6, 6.07) is 10.1. The van der Waals surface area contributed by atoms with Crippen molar-refractivity contribution in [3.8, 4) is 0 Å². The number of fused-ring (bicyclic) bond motifs is 1. The van der Waals surface area contributed by atoms with Gasteiger partial charge >= 0.3 is 0 Å². The lowest BCUT2D eigenvalue weighted by Gasteiger charge is -2.20. The van der Waals surface area contributed by atoms with Crippen molar-refractivity contribution in [3.05, 3.63) is 51.9 Å². The maximum Gasteiger partial charge on any atom is 0.251 e. The quantitative estimate of drug-likeness (QED) is 0.834. The van der Waals surface area contributed by atoms with E-state index in [0.717, 1.165) is 37.7 Å². The second-order valence-electron chi connectivity index (χ2n) is 7.44. The highest BCUT2D eigenvalue weighted by molar-refractivity contribution is 7.17. The second kappa shape index (κ2) is 6.88. The Kier molecular flexibility index (Phi) is 4.57. The first-order valence-electron chi connectivity index (χ1n) is 9.38. The van der Waals surface area contributed by atoms with E-state index in [0.29, 0.717) is 16.5 Å². The van der Waals surface area contributed by atoms with Gasteiger partial charge in [-0.05, 0) is 48.6 Å². The van der Waals surface area contributed by atoms with Crippen LogP contribution in [0.3, 0.4) is 0 Å². The summed E-state index contributed by atoms with van der Waals surface area (Å²) in [6.45, 7) is 2.21. The van der Waals surface area contributed by atoms with Gasteiger partial charge in [-0.2, -0.15) is 0 Å². The van der Waals surface area contributed by atoms with Crippen LogP contribution in [0, 0.1) is 11.8 Å². The number of primary amides is 1. The Balaban J connectivity index is 1.52. The molecule has 0 spiro atoms. The minimum absolute atomic E-state index is 0.00647. The van der Waals surface area contributed by atoms with Crippen LogP contribution in [0.25, 0.3) is 0 Å². The SMILES string of the molecule is CC[C@@H]1CCc2c(sc(NC(=O)[C@H]3C[C@@H]3c3ccccc3)c2C(N)=O)C1. The van der Waals surface area contributed by atoms with Gasteiger partial charge in [0.05, 0.1) is 5.56 Å². The summed E-state index contributed by atoms with van der Waals surface area (Å²) < 4.78 is 0. The van der Waals surface area contributed by atoms with Gasteiger partial charge in [0.15, 0.2) is 0 Å². The number of carbonyl (C=O) groups excluding carboxylic acids is 2. The zero-order chi connectivity index (χ0) is 18.3. The molecular weight excluding hydrogens is 344 g/mol. The minimum atomic E-state index is -0.428.